The van der Waals surface area contributed by atoms with E-state index in [-0.39, 0.29) is 30.2 Å². The summed E-state index contributed by atoms with van der Waals surface area (Å²) in [5, 5.41) is 8.75. The first-order valence-corrected chi connectivity index (χ1v) is 38.7. The number of hydrogen-bond acceptors (Lipinski definition) is 0. The molecule has 0 radical (unpaired) electrons. The van der Waals surface area contributed by atoms with Gasteiger partial charge in [-0.1, -0.05) is 212 Å². The maximum Gasteiger partial charge on any atom is -1.00 e. The van der Waals surface area contributed by atoms with E-state index in [9.17, 15) is 0 Å². The van der Waals surface area contributed by atoms with E-state index in [1.807, 2.05) is 0 Å². The number of fused-ring (bicyclic) bond motifs is 2. The largest absolute Gasteiger partial charge is 1.00 e. The van der Waals surface area contributed by atoms with Crippen LogP contribution in [-0.4, -0.2) is 21.6 Å². The Hall–Kier alpha value is -1.79. The molecule has 6 aromatic rings. The van der Waals surface area contributed by atoms with E-state index in [2.05, 4.69) is 175 Å². The first-order valence-electron chi connectivity index (χ1n) is 25.5. The van der Waals surface area contributed by atoms with E-state index in [1.165, 1.54) is 181 Å². The van der Waals surface area contributed by atoms with Gasteiger partial charge >= 0.3 is 41.9 Å². The number of hydrogen-bond donors (Lipinski definition) is 0. The van der Waals surface area contributed by atoms with Crippen LogP contribution in [0.5, 0.6) is 0 Å². The molecular weight excluding hydrogens is 967 g/mol. The van der Waals surface area contributed by atoms with Crippen LogP contribution in [0.25, 0.3) is 43.8 Å². The fourth-order valence-corrected chi connectivity index (χ4v) is 13.1. The van der Waals surface area contributed by atoms with Gasteiger partial charge in [0.15, 0.2) is 0 Å². The van der Waals surface area contributed by atoms with Crippen molar-refractivity contribution in [3.63, 3.8) is 0 Å². The quantitative estimate of drug-likeness (QED) is 0.105. The Morgan fingerprint density at radius 2 is 0.758 bits per heavy atom. The molecule has 66 heavy (non-hydrogen) atoms. The predicted octanol–water partition coefficient (Wildman–Crippen LogP) is 11.7. The molecule has 2 saturated carbocycles. The molecule has 356 valence electrons. The van der Waals surface area contributed by atoms with Crippen LogP contribution in [-0.2, 0) is 36.2 Å². The van der Waals surface area contributed by atoms with Gasteiger partial charge in [-0.25, -0.2) is 0 Å². The zero-order valence-corrected chi connectivity index (χ0v) is 49.8. The molecule has 2 fully saturated rings. The van der Waals surface area contributed by atoms with Crippen LogP contribution < -0.4 is 35.2 Å². The van der Waals surface area contributed by atoms with Crippen LogP contribution in [0.4, 0.5) is 0 Å². The summed E-state index contributed by atoms with van der Waals surface area (Å²) in [6.45, 7) is 24.2. The third kappa shape index (κ3) is 16.7. The molecule has 0 bridgehead atoms. The Bertz CT molecular complexity index is 2200. The maximum absolute atomic E-state index is 2.55. The topological polar surface area (TPSA) is 0 Å². The number of benzene rings is 4. The summed E-state index contributed by atoms with van der Waals surface area (Å²) >= 11 is 1.74. The molecule has 0 amide bonds. The molecule has 0 spiro atoms. The molecule has 0 aromatic heterocycles. The van der Waals surface area contributed by atoms with Crippen molar-refractivity contribution in [1.29, 1.82) is 0 Å². The Kier molecular flexibility index (Phi) is 22.3. The minimum absolute atomic E-state index is 0. The van der Waals surface area contributed by atoms with Crippen LogP contribution in [0.1, 0.15) is 128 Å². The molecule has 8 rings (SSSR count). The Labute approximate surface area is 433 Å². The van der Waals surface area contributed by atoms with Crippen molar-refractivity contribution >= 4 is 53.5 Å². The second-order valence-corrected chi connectivity index (χ2v) is 42.7. The average Bonchev–Trinajstić information content (AvgIpc) is 3.89. The van der Waals surface area contributed by atoms with E-state index in [0.29, 0.717) is 10.8 Å². The zero-order valence-electron chi connectivity index (χ0n) is 42.9. The molecule has 0 N–H and O–H groups in total. The normalized spacial score (nSPS) is 16.8. The van der Waals surface area contributed by atoms with Crippen LogP contribution in [0.3, 0.4) is 0 Å². The van der Waals surface area contributed by atoms with Crippen molar-refractivity contribution in [1.82, 2.24) is 0 Å². The molecule has 0 aliphatic heterocycles. The fourth-order valence-electron chi connectivity index (χ4n) is 10.8. The van der Waals surface area contributed by atoms with Gasteiger partial charge in [0, 0.05) is 0 Å². The molecule has 0 nitrogen and oxygen atoms in total. The molecule has 0 saturated heterocycles. The van der Waals surface area contributed by atoms with Gasteiger partial charge in [-0.2, -0.15) is 12.1 Å². The summed E-state index contributed by atoms with van der Waals surface area (Å²) in [5.74, 6) is 0. The Morgan fingerprint density at radius 3 is 1.05 bits per heavy atom. The Balaban J connectivity index is 0.000000260. The number of rotatable bonds is 8. The summed E-state index contributed by atoms with van der Waals surface area (Å²) in [7, 11) is -2.50. The van der Waals surface area contributed by atoms with Crippen molar-refractivity contribution in [2.45, 2.75) is 182 Å². The van der Waals surface area contributed by atoms with Gasteiger partial charge in [0.2, 0.25) is 0 Å². The first-order chi connectivity index (χ1) is 30.4. The minimum Gasteiger partial charge on any atom is -1.00 e. The smallest absolute Gasteiger partial charge is 1.00 e. The average molecular weight is 1050 g/mol. The standard InChI is InChI=1S/2C29H39Si.C2H6Si.2ClH.Zr/c2*1-29(18-9-7-5-6-8-10-19-29)22-23-20-25-12-11-13-27(28(25)21-23)24-14-16-26(17-15-24)30(2,3)4;1-3-2;;;/h2*11-17,20-21H,5-10,18-19,22H2,1-4H3;1-2H3;2*1H;/q2*-1;;;;+2/p-2. The monoisotopic (exact) mass is 1050 g/mol. The van der Waals surface area contributed by atoms with Gasteiger partial charge in [-0.3, -0.25) is 0 Å². The molecule has 6 aromatic carbocycles. The number of halogens is 2. The minimum atomic E-state index is -1.25. The molecule has 0 heterocycles. The predicted molar refractivity (Wildman–Crippen MR) is 291 cm³/mol. The molecule has 2 aliphatic carbocycles. The third-order valence-electron chi connectivity index (χ3n) is 14.6. The van der Waals surface area contributed by atoms with E-state index in [4.69, 9.17) is 0 Å². The second-order valence-electron chi connectivity index (χ2n) is 23.2. The van der Waals surface area contributed by atoms with Crippen molar-refractivity contribution in [2.75, 3.05) is 0 Å². The van der Waals surface area contributed by atoms with Crippen LogP contribution in [0.15, 0.2) is 109 Å². The maximum atomic E-state index is 2.55. The van der Waals surface area contributed by atoms with Gasteiger partial charge in [0.25, 0.3) is 0 Å². The first kappa shape index (κ1) is 56.8. The summed E-state index contributed by atoms with van der Waals surface area (Å²) in [4.78, 5) is 0. The third-order valence-corrected chi connectivity index (χ3v) is 18.8. The van der Waals surface area contributed by atoms with Gasteiger partial charge < -0.3 is 24.8 Å². The van der Waals surface area contributed by atoms with E-state index in [0.717, 1.165) is 0 Å². The molecule has 2 aliphatic rings. The molecule has 0 unspecified atom stereocenters. The molecule has 6 heteroatoms. The zero-order chi connectivity index (χ0) is 46.0. The van der Waals surface area contributed by atoms with Crippen LogP contribution in [0, 0.1) is 10.8 Å². The molecule has 0 atom stereocenters. The van der Waals surface area contributed by atoms with Crippen molar-refractivity contribution < 1.29 is 48.1 Å². The second kappa shape index (κ2) is 25.9. The summed E-state index contributed by atoms with van der Waals surface area (Å²) < 4.78 is 0. The van der Waals surface area contributed by atoms with Gasteiger partial charge in [0.05, 0.1) is 16.1 Å². The summed E-state index contributed by atoms with van der Waals surface area (Å²) in [5.41, 5.74) is 9.71. The fraction of sp³-hybridized carbons (Fsp3) is 0.500. The van der Waals surface area contributed by atoms with E-state index in [1.54, 1.807) is 23.3 Å². The van der Waals surface area contributed by atoms with Crippen molar-refractivity contribution in [2.24, 2.45) is 10.8 Å². The SMILES string of the molecule is CC1(Cc2cc3c(-c4ccc([Si](C)(C)C)cc4)cccc3[cH-]2)CCCCCCCC1.CC1(Cc2cc3c(-c4ccc([Si](C)(C)C)cc4)cccc3[cH-]2)CCCCCCCC1.C[Si](C)=[Zr+2].[Cl-].[Cl-]. The van der Waals surface area contributed by atoms with Crippen molar-refractivity contribution in [3.05, 3.63) is 120 Å². The van der Waals surface area contributed by atoms with Crippen molar-refractivity contribution in [3.8, 4) is 22.3 Å². The van der Waals surface area contributed by atoms with Gasteiger partial charge in [-0.15, -0.1) is 69.1 Å². The van der Waals surface area contributed by atoms with Gasteiger partial charge in [-0.05, 0) is 60.5 Å². The Morgan fingerprint density at radius 1 is 0.470 bits per heavy atom. The van der Waals surface area contributed by atoms with Crippen LogP contribution in [0.2, 0.25) is 52.4 Å². The summed E-state index contributed by atoms with van der Waals surface area (Å²) in [6.07, 6.45) is 25.1. The summed E-state index contributed by atoms with van der Waals surface area (Å²) in [6, 6.07) is 42.4. The van der Waals surface area contributed by atoms with E-state index >= 15 is 0 Å². The van der Waals surface area contributed by atoms with Gasteiger partial charge in [0.1, 0.15) is 0 Å². The van der Waals surface area contributed by atoms with Crippen LogP contribution >= 0.6 is 0 Å². The van der Waals surface area contributed by atoms with E-state index < -0.39 is 16.1 Å². The molecular formula is C60H84Cl2Si3Zr-2.